The van der Waals surface area contributed by atoms with E-state index in [4.69, 9.17) is 0 Å². The maximum atomic E-state index is 11.1. The van der Waals surface area contributed by atoms with Crippen molar-refractivity contribution in [1.29, 1.82) is 0 Å². The second-order valence-electron chi connectivity index (χ2n) is 3.74. The molecule has 0 aromatic heterocycles. The van der Waals surface area contributed by atoms with Crippen LogP contribution in [0.4, 0.5) is 0 Å². The van der Waals surface area contributed by atoms with Crippen LogP contribution >= 0.6 is 11.8 Å². The van der Waals surface area contributed by atoms with Gasteiger partial charge in [0.2, 0.25) is 5.91 Å². The Balaban J connectivity index is 2.05. The third-order valence-electron chi connectivity index (χ3n) is 2.06. The van der Waals surface area contributed by atoms with E-state index in [1.807, 2.05) is 18.2 Å². The molecule has 0 radical (unpaired) electrons. The lowest BCUT2D eigenvalue weighted by Gasteiger charge is -2.03. The van der Waals surface area contributed by atoms with Gasteiger partial charge in [-0.2, -0.15) is 0 Å². The van der Waals surface area contributed by atoms with E-state index in [-0.39, 0.29) is 18.1 Å². The first-order chi connectivity index (χ1) is 8.18. The molecule has 0 fully saturated rings. The molecule has 0 saturated heterocycles. The van der Waals surface area contributed by atoms with Gasteiger partial charge in [-0.05, 0) is 31.2 Å². The zero-order valence-electron chi connectivity index (χ0n) is 9.94. The number of Topliss-reactive ketones (excluding diaryl/α,β-unsaturated/α-hetero) is 1. The first-order valence-electron chi connectivity index (χ1n) is 5.62. The molecule has 92 valence electrons. The maximum absolute atomic E-state index is 11.1. The molecular formula is C13H17NO2S. The summed E-state index contributed by atoms with van der Waals surface area (Å²) in [6.45, 7) is 2.05. The SMILES string of the molecule is CC(=O)CC(=O)NCCCSc1ccccc1. The average Bonchev–Trinajstić information content (AvgIpc) is 2.29. The summed E-state index contributed by atoms with van der Waals surface area (Å²) in [7, 11) is 0. The second-order valence-corrected chi connectivity index (χ2v) is 4.91. The highest BCUT2D eigenvalue weighted by atomic mass is 32.2. The lowest BCUT2D eigenvalue weighted by atomic mass is 10.3. The van der Waals surface area contributed by atoms with Crippen molar-refractivity contribution >= 4 is 23.5 Å². The number of benzene rings is 1. The number of ketones is 1. The lowest BCUT2D eigenvalue weighted by molar-refractivity contribution is -0.127. The molecule has 0 aliphatic rings. The first kappa shape index (κ1) is 13.8. The van der Waals surface area contributed by atoms with Gasteiger partial charge in [0.1, 0.15) is 5.78 Å². The molecule has 0 bridgehead atoms. The molecule has 1 N–H and O–H groups in total. The summed E-state index contributed by atoms with van der Waals surface area (Å²) in [5.41, 5.74) is 0. The molecule has 1 rings (SSSR count). The van der Waals surface area contributed by atoms with Gasteiger partial charge in [-0.1, -0.05) is 18.2 Å². The van der Waals surface area contributed by atoms with Crippen molar-refractivity contribution in [2.75, 3.05) is 12.3 Å². The molecule has 0 atom stereocenters. The Morgan fingerprint density at radius 1 is 1.24 bits per heavy atom. The quantitative estimate of drug-likeness (QED) is 0.459. The standard InChI is InChI=1S/C13H17NO2S/c1-11(15)10-13(16)14-8-5-9-17-12-6-3-2-4-7-12/h2-4,6-7H,5,8-10H2,1H3,(H,14,16). The van der Waals surface area contributed by atoms with Crippen LogP contribution in [0.3, 0.4) is 0 Å². The highest BCUT2D eigenvalue weighted by Crippen LogP contribution is 2.17. The summed E-state index contributed by atoms with van der Waals surface area (Å²) >= 11 is 1.77. The number of nitrogens with one attached hydrogen (secondary N) is 1. The van der Waals surface area contributed by atoms with E-state index in [2.05, 4.69) is 17.4 Å². The Morgan fingerprint density at radius 3 is 2.59 bits per heavy atom. The van der Waals surface area contributed by atoms with Crippen molar-refractivity contribution < 1.29 is 9.59 Å². The lowest BCUT2D eigenvalue weighted by Crippen LogP contribution is -2.26. The van der Waals surface area contributed by atoms with Crippen molar-refractivity contribution in [3.8, 4) is 0 Å². The first-order valence-corrected chi connectivity index (χ1v) is 6.61. The fourth-order valence-electron chi connectivity index (χ4n) is 1.30. The monoisotopic (exact) mass is 251 g/mol. The van der Waals surface area contributed by atoms with Crippen molar-refractivity contribution in [2.45, 2.75) is 24.7 Å². The second kappa shape index (κ2) is 7.90. The van der Waals surface area contributed by atoms with Crippen LogP contribution in [0.5, 0.6) is 0 Å². The number of hydrogen-bond donors (Lipinski definition) is 1. The van der Waals surface area contributed by atoms with Crippen LogP contribution in [0, 0.1) is 0 Å². The number of rotatable bonds is 7. The van der Waals surface area contributed by atoms with Crippen LogP contribution in [-0.2, 0) is 9.59 Å². The largest absolute Gasteiger partial charge is 0.356 e. The molecule has 0 aliphatic carbocycles. The zero-order valence-corrected chi connectivity index (χ0v) is 10.8. The van der Waals surface area contributed by atoms with Gasteiger partial charge in [-0.25, -0.2) is 0 Å². The summed E-state index contributed by atoms with van der Waals surface area (Å²) in [5.74, 6) is 0.688. The highest BCUT2D eigenvalue weighted by Gasteiger charge is 2.03. The van der Waals surface area contributed by atoms with Gasteiger partial charge in [0.05, 0.1) is 6.42 Å². The zero-order chi connectivity index (χ0) is 12.5. The maximum Gasteiger partial charge on any atom is 0.227 e. The van der Waals surface area contributed by atoms with E-state index in [0.29, 0.717) is 6.54 Å². The number of carbonyl (C=O) groups is 2. The van der Waals surface area contributed by atoms with Crippen molar-refractivity contribution in [2.24, 2.45) is 0 Å². The van der Waals surface area contributed by atoms with Crippen LogP contribution in [0.15, 0.2) is 35.2 Å². The fraction of sp³-hybridized carbons (Fsp3) is 0.385. The van der Waals surface area contributed by atoms with Gasteiger partial charge < -0.3 is 5.32 Å². The van der Waals surface area contributed by atoms with Crippen LogP contribution in [0.2, 0.25) is 0 Å². The Morgan fingerprint density at radius 2 is 1.94 bits per heavy atom. The number of carbonyl (C=O) groups excluding carboxylic acids is 2. The van der Waals surface area contributed by atoms with Crippen LogP contribution in [0.25, 0.3) is 0 Å². The molecule has 1 aromatic carbocycles. The van der Waals surface area contributed by atoms with Crippen molar-refractivity contribution in [1.82, 2.24) is 5.32 Å². The summed E-state index contributed by atoms with van der Waals surface area (Å²) in [6, 6.07) is 10.2. The molecule has 1 aromatic rings. The van der Waals surface area contributed by atoms with Crippen molar-refractivity contribution in [3.63, 3.8) is 0 Å². The molecule has 3 nitrogen and oxygen atoms in total. The molecular weight excluding hydrogens is 234 g/mol. The van der Waals surface area contributed by atoms with E-state index < -0.39 is 0 Å². The minimum absolute atomic E-state index is 0.00811. The van der Waals surface area contributed by atoms with Gasteiger partial charge in [-0.3, -0.25) is 9.59 Å². The van der Waals surface area contributed by atoms with Crippen LogP contribution in [0.1, 0.15) is 19.8 Å². The Hall–Kier alpha value is -1.29. The predicted molar refractivity (Wildman–Crippen MR) is 70.1 cm³/mol. The van der Waals surface area contributed by atoms with E-state index in [1.165, 1.54) is 11.8 Å². The van der Waals surface area contributed by atoms with Gasteiger partial charge in [0.25, 0.3) is 0 Å². The highest BCUT2D eigenvalue weighted by molar-refractivity contribution is 7.99. The predicted octanol–water partition coefficient (Wildman–Crippen LogP) is 2.26. The van der Waals surface area contributed by atoms with Crippen molar-refractivity contribution in [3.05, 3.63) is 30.3 Å². The Kier molecular flexibility index (Phi) is 6.40. The van der Waals surface area contributed by atoms with E-state index in [9.17, 15) is 9.59 Å². The van der Waals surface area contributed by atoms with Crippen LogP contribution in [-0.4, -0.2) is 24.0 Å². The van der Waals surface area contributed by atoms with Gasteiger partial charge in [0.15, 0.2) is 0 Å². The third kappa shape index (κ3) is 6.79. The number of hydrogen-bond acceptors (Lipinski definition) is 3. The molecule has 4 heteroatoms. The summed E-state index contributed by atoms with van der Waals surface area (Å²) < 4.78 is 0. The molecule has 17 heavy (non-hydrogen) atoms. The number of amides is 1. The smallest absolute Gasteiger partial charge is 0.227 e. The van der Waals surface area contributed by atoms with Crippen LogP contribution < -0.4 is 5.32 Å². The van der Waals surface area contributed by atoms with E-state index in [0.717, 1.165) is 12.2 Å². The summed E-state index contributed by atoms with van der Waals surface area (Å²) in [5, 5.41) is 2.73. The normalized spacial score (nSPS) is 9.94. The fourth-order valence-corrected chi connectivity index (χ4v) is 2.17. The minimum Gasteiger partial charge on any atom is -0.356 e. The van der Waals surface area contributed by atoms with Gasteiger partial charge >= 0.3 is 0 Å². The number of thioether (sulfide) groups is 1. The molecule has 0 saturated carbocycles. The van der Waals surface area contributed by atoms with E-state index in [1.54, 1.807) is 11.8 Å². The minimum atomic E-state index is -0.179. The summed E-state index contributed by atoms with van der Waals surface area (Å²) in [4.78, 5) is 23.0. The molecule has 0 aliphatic heterocycles. The van der Waals surface area contributed by atoms with Gasteiger partial charge in [-0.15, -0.1) is 11.8 Å². The summed E-state index contributed by atoms with van der Waals surface area (Å²) in [6.07, 6.45) is 0.898. The van der Waals surface area contributed by atoms with Gasteiger partial charge in [0, 0.05) is 11.4 Å². The van der Waals surface area contributed by atoms with E-state index >= 15 is 0 Å². The molecule has 1 amide bonds. The molecule has 0 spiro atoms. The topological polar surface area (TPSA) is 46.2 Å². The Labute approximate surface area is 106 Å². The third-order valence-corrected chi connectivity index (χ3v) is 3.16. The molecule has 0 heterocycles. The Bertz CT molecular complexity index is 365. The molecule has 0 unspecified atom stereocenters. The average molecular weight is 251 g/mol.